The molecule has 2 saturated heterocycles. The van der Waals surface area contributed by atoms with Gasteiger partial charge in [0.15, 0.2) is 0 Å². The molecule has 2 bridgehead atoms. The molecule has 2 aliphatic rings. The van der Waals surface area contributed by atoms with E-state index in [1.807, 2.05) is 11.8 Å². The molecule has 0 spiro atoms. The molecule has 4 atom stereocenters. The standard InChI is InChI=1S/C17H23NO2S/c1-3-21-13-7-4-11(5-8-13)14-10-12-6-9-15(18-12)16(14)17(19)20-2/h4-5,7-8,12,14-16,18H,3,6,9-10H2,1-2H3/t12?,14-,15?,16+/m1/s1. The number of esters is 1. The Morgan fingerprint density at radius 2 is 2.10 bits per heavy atom. The van der Waals surface area contributed by atoms with Crippen LogP contribution in [0.2, 0.25) is 0 Å². The first-order valence-corrected chi connectivity index (χ1v) is 8.78. The molecule has 2 aliphatic heterocycles. The van der Waals surface area contributed by atoms with Gasteiger partial charge in [0.2, 0.25) is 0 Å². The molecular weight excluding hydrogens is 282 g/mol. The smallest absolute Gasteiger partial charge is 0.310 e. The van der Waals surface area contributed by atoms with Gasteiger partial charge in [-0.25, -0.2) is 0 Å². The van der Waals surface area contributed by atoms with E-state index in [0.717, 1.165) is 18.6 Å². The lowest BCUT2D eigenvalue weighted by molar-refractivity contribution is -0.148. The second kappa shape index (κ2) is 6.41. The third-order valence-corrected chi connectivity index (χ3v) is 5.67. The number of thioether (sulfide) groups is 1. The Balaban J connectivity index is 1.85. The molecule has 1 N–H and O–H groups in total. The van der Waals surface area contributed by atoms with E-state index in [0.29, 0.717) is 6.04 Å². The first-order valence-electron chi connectivity index (χ1n) is 7.79. The van der Waals surface area contributed by atoms with Crippen molar-refractivity contribution in [2.24, 2.45) is 5.92 Å². The largest absolute Gasteiger partial charge is 0.469 e. The van der Waals surface area contributed by atoms with Crippen LogP contribution in [0.4, 0.5) is 0 Å². The van der Waals surface area contributed by atoms with Crippen molar-refractivity contribution in [2.75, 3.05) is 12.9 Å². The molecule has 3 nitrogen and oxygen atoms in total. The van der Waals surface area contributed by atoms with E-state index in [1.54, 1.807) is 0 Å². The van der Waals surface area contributed by atoms with Crippen LogP contribution in [0.25, 0.3) is 0 Å². The fourth-order valence-corrected chi connectivity index (χ4v) is 4.50. The molecule has 1 aromatic carbocycles. The SMILES string of the molecule is CCSc1ccc([C@H]2CC3CCC(N3)[C@H]2C(=O)OC)cc1. The Bertz CT molecular complexity index is 502. The highest BCUT2D eigenvalue weighted by Gasteiger charge is 2.46. The molecule has 1 aromatic rings. The monoisotopic (exact) mass is 305 g/mol. The number of hydrogen-bond acceptors (Lipinski definition) is 4. The van der Waals surface area contributed by atoms with Gasteiger partial charge in [0, 0.05) is 22.9 Å². The summed E-state index contributed by atoms with van der Waals surface area (Å²) in [4.78, 5) is 13.5. The Kier molecular flexibility index (Phi) is 4.55. The molecule has 2 heterocycles. The molecule has 2 unspecified atom stereocenters. The fraction of sp³-hybridized carbons (Fsp3) is 0.588. The molecule has 2 fully saturated rings. The zero-order chi connectivity index (χ0) is 14.8. The number of carbonyl (C=O) groups is 1. The molecule has 4 heteroatoms. The van der Waals surface area contributed by atoms with Crippen molar-refractivity contribution in [2.45, 2.75) is 49.1 Å². The number of benzene rings is 1. The van der Waals surface area contributed by atoms with Crippen LogP contribution in [0.3, 0.4) is 0 Å². The van der Waals surface area contributed by atoms with Crippen molar-refractivity contribution < 1.29 is 9.53 Å². The Morgan fingerprint density at radius 1 is 1.33 bits per heavy atom. The average Bonchev–Trinajstić information content (AvgIpc) is 2.89. The van der Waals surface area contributed by atoms with Gasteiger partial charge in [0.25, 0.3) is 0 Å². The number of ether oxygens (including phenoxy) is 1. The summed E-state index contributed by atoms with van der Waals surface area (Å²) in [5.74, 6) is 1.27. The van der Waals surface area contributed by atoms with Crippen LogP contribution in [0.15, 0.2) is 29.2 Å². The summed E-state index contributed by atoms with van der Waals surface area (Å²) >= 11 is 1.85. The lowest BCUT2D eigenvalue weighted by Gasteiger charge is -2.36. The van der Waals surface area contributed by atoms with E-state index in [1.165, 1.54) is 24.0 Å². The number of fused-ring (bicyclic) bond motifs is 2. The summed E-state index contributed by atoms with van der Waals surface area (Å²) in [6.45, 7) is 2.16. The van der Waals surface area contributed by atoms with Crippen molar-refractivity contribution in [3.8, 4) is 0 Å². The predicted molar refractivity (Wildman–Crippen MR) is 85.6 cm³/mol. The quantitative estimate of drug-likeness (QED) is 0.685. The number of piperidine rings is 1. The van der Waals surface area contributed by atoms with Crippen molar-refractivity contribution in [3.05, 3.63) is 29.8 Å². The minimum absolute atomic E-state index is 0.0431. The zero-order valence-electron chi connectivity index (χ0n) is 12.7. The number of methoxy groups -OCH3 is 1. The summed E-state index contributed by atoms with van der Waals surface area (Å²) in [5, 5.41) is 3.58. The maximum atomic E-state index is 12.2. The lowest BCUT2D eigenvalue weighted by Crippen LogP contribution is -2.48. The highest BCUT2D eigenvalue weighted by Crippen LogP contribution is 2.42. The molecule has 21 heavy (non-hydrogen) atoms. The molecule has 0 aliphatic carbocycles. The number of rotatable bonds is 4. The number of hydrogen-bond donors (Lipinski definition) is 1. The Hall–Kier alpha value is -1.00. The molecule has 0 amide bonds. The van der Waals surface area contributed by atoms with Gasteiger partial charge in [0.05, 0.1) is 13.0 Å². The molecule has 0 saturated carbocycles. The molecule has 0 aromatic heterocycles. The highest BCUT2D eigenvalue weighted by molar-refractivity contribution is 7.99. The van der Waals surface area contributed by atoms with Gasteiger partial charge in [0.1, 0.15) is 0 Å². The van der Waals surface area contributed by atoms with Crippen molar-refractivity contribution >= 4 is 17.7 Å². The van der Waals surface area contributed by atoms with Crippen LogP contribution < -0.4 is 5.32 Å². The molecule has 114 valence electrons. The second-order valence-corrected chi connectivity index (χ2v) is 7.28. The average molecular weight is 305 g/mol. The Labute approximate surface area is 130 Å². The second-order valence-electron chi connectivity index (χ2n) is 5.94. The summed E-state index contributed by atoms with van der Waals surface area (Å²) < 4.78 is 5.07. The van der Waals surface area contributed by atoms with Gasteiger partial charge >= 0.3 is 5.97 Å². The van der Waals surface area contributed by atoms with E-state index >= 15 is 0 Å². The summed E-state index contributed by atoms with van der Waals surface area (Å²) in [6.07, 6.45) is 3.31. The van der Waals surface area contributed by atoms with Crippen LogP contribution in [0.5, 0.6) is 0 Å². The Morgan fingerprint density at radius 3 is 2.76 bits per heavy atom. The molecule has 0 radical (unpaired) electrons. The third kappa shape index (κ3) is 2.97. The van der Waals surface area contributed by atoms with Gasteiger partial charge in [-0.2, -0.15) is 0 Å². The third-order valence-electron chi connectivity index (χ3n) is 4.77. The molecule has 3 rings (SSSR count). The van der Waals surface area contributed by atoms with Gasteiger partial charge in [-0.15, -0.1) is 11.8 Å². The topological polar surface area (TPSA) is 38.3 Å². The zero-order valence-corrected chi connectivity index (χ0v) is 13.5. The van der Waals surface area contributed by atoms with Gasteiger partial charge < -0.3 is 10.1 Å². The van der Waals surface area contributed by atoms with Gasteiger partial charge in [-0.3, -0.25) is 4.79 Å². The number of nitrogens with one attached hydrogen (secondary N) is 1. The minimum Gasteiger partial charge on any atom is -0.469 e. The maximum Gasteiger partial charge on any atom is 0.310 e. The van der Waals surface area contributed by atoms with Crippen molar-refractivity contribution in [3.63, 3.8) is 0 Å². The van der Waals surface area contributed by atoms with E-state index in [4.69, 9.17) is 4.74 Å². The lowest BCUT2D eigenvalue weighted by atomic mass is 9.77. The van der Waals surface area contributed by atoms with E-state index in [2.05, 4.69) is 36.5 Å². The van der Waals surface area contributed by atoms with E-state index < -0.39 is 0 Å². The van der Waals surface area contributed by atoms with E-state index in [9.17, 15) is 4.79 Å². The first kappa shape index (κ1) is 14.9. The van der Waals surface area contributed by atoms with Crippen LogP contribution in [0, 0.1) is 5.92 Å². The van der Waals surface area contributed by atoms with E-state index in [-0.39, 0.29) is 23.8 Å². The maximum absolute atomic E-state index is 12.2. The molecular formula is C17H23NO2S. The van der Waals surface area contributed by atoms with Crippen LogP contribution in [-0.2, 0) is 9.53 Å². The van der Waals surface area contributed by atoms with Gasteiger partial charge in [-0.05, 0) is 42.7 Å². The normalized spacial score (nSPS) is 31.1. The van der Waals surface area contributed by atoms with Gasteiger partial charge in [-0.1, -0.05) is 19.1 Å². The van der Waals surface area contributed by atoms with Crippen molar-refractivity contribution in [1.82, 2.24) is 5.32 Å². The van der Waals surface area contributed by atoms with Crippen molar-refractivity contribution in [1.29, 1.82) is 0 Å². The number of carbonyl (C=O) groups excluding carboxylic acids is 1. The first-order chi connectivity index (χ1) is 10.2. The fourth-order valence-electron chi connectivity index (χ4n) is 3.84. The summed E-state index contributed by atoms with van der Waals surface area (Å²) in [5.41, 5.74) is 1.28. The van der Waals surface area contributed by atoms with Crippen LogP contribution in [0.1, 0.15) is 37.7 Å². The highest BCUT2D eigenvalue weighted by atomic mass is 32.2. The minimum atomic E-state index is -0.0649. The summed E-state index contributed by atoms with van der Waals surface area (Å²) in [7, 11) is 1.50. The predicted octanol–water partition coefficient (Wildman–Crippen LogP) is 3.20. The van der Waals surface area contributed by atoms with Crippen LogP contribution in [-0.4, -0.2) is 30.9 Å². The van der Waals surface area contributed by atoms with Crippen LogP contribution >= 0.6 is 11.8 Å². The summed E-state index contributed by atoms with van der Waals surface area (Å²) in [6, 6.07) is 9.60.